The molecule has 0 aromatic heterocycles. The number of benzene rings is 1. The van der Waals surface area contributed by atoms with E-state index in [2.05, 4.69) is 0 Å². The van der Waals surface area contributed by atoms with Crippen LogP contribution in [0.1, 0.15) is 44.1 Å². The highest BCUT2D eigenvalue weighted by molar-refractivity contribution is 6.31. The SMILES string of the molecule is CC1=C(C(=O)O)C(c2ccccc2Cl)C(C(=O)O)=C2CCCCCN12. The molecular formula is C19H20ClNO4. The van der Waals surface area contributed by atoms with Crippen LogP contribution in [0.2, 0.25) is 5.02 Å². The molecule has 0 radical (unpaired) electrons. The first-order valence-corrected chi connectivity index (χ1v) is 8.73. The maximum absolute atomic E-state index is 12.1. The Morgan fingerprint density at radius 1 is 1.08 bits per heavy atom. The maximum atomic E-state index is 12.1. The number of carbonyl (C=O) groups is 2. The lowest BCUT2D eigenvalue weighted by Crippen LogP contribution is -2.35. The fourth-order valence-electron chi connectivity index (χ4n) is 3.87. The standard InChI is InChI=1S/C19H20ClNO4/c1-11-15(18(22)23)16(12-7-4-5-8-13(12)20)17(19(24)25)14-9-3-2-6-10-21(11)14/h4-5,7-8,16H,2-3,6,9-10H2,1H3,(H,22,23)(H,24,25). The Hall–Kier alpha value is -2.27. The Morgan fingerprint density at radius 2 is 1.76 bits per heavy atom. The first kappa shape index (κ1) is 17.5. The summed E-state index contributed by atoms with van der Waals surface area (Å²) in [4.78, 5) is 26.1. The lowest BCUT2D eigenvalue weighted by Gasteiger charge is -2.37. The monoisotopic (exact) mass is 361 g/mol. The van der Waals surface area contributed by atoms with Gasteiger partial charge >= 0.3 is 11.9 Å². The number of aliphatic carboxylic acids is 2. The fraction of sp³-hybridized carbons (Fsp3) is 0.368. The van der Waals surface area contributed by atoms with Crippen molar-refractivity contribution in [3.05, 3.63) is 57.4 Å². The number of hydrogen-bond acceptors (Lipinski definition) is 3. The third-order valence-electron chi connectivity index (χ3n) is 4.98. The average molecular weight is 362 g/mol. The predicted molar refractivity (Wildman–Crippen MR) is 94.4 cm³/mol. The van der Waals surface area contributed by atoms with E-state index < -0.39 is 17.9 Å². The van der Waals surface area contributed by atoms with Gasteiger partial charge in [0.2, 0.25) is 0 Å². The maximum Gasteiger partial charge on any atom is 0.334 e. The molecule has 0 amide bonds. The molecule has 2 aliphatic heterocycles. The molecule has 0 aliphatic carbocycles. The number of allylic oxidation sites excluding steroid dienone is 2. The summed E-state index contributed by atoms with van der Waals surface area (Å²) in [6.07, 6.45) is 3.44. The van der Waals surface area contributed by atoms with Gasteiger partial charge in [-0.25, -0.2) is 9.59 Å². The van der Waals surface area contributed by atoms with E-state index in [0.717, 1.165) is 25.0 Å². The quantitative estimate of drug-likeness (QED) is 0.850. The van der Waals surface area contributed by atoms with E-state index in [-0.39, 0.29) is 11.1 Å². The van der Waals surface area contributed by atoms with E-state index >= 15 is 0 Å². The van der Waals surface area contributed by atoms with Gasteiger partial charge < -0.3 is 15.1 Å². The topological polar surface area (TPSA) is 77.8 Å². The molecule has 1 atom stereocenters. The van der Waals surface area contributed by atoms with Crippen LogP contribution in [0.5, 0.6) is 0 Å². The number of carboxylic acids is 2. The van der Waals surface area contributed by atoms with Gasteiger partial charge in [0.15, 0.2) is 0 Å². The number of rotatable bonds is 3. The van der Waals surface area contributed by atoms with Crippen molar-refractivity contribution < 1.29 is 19.8 Å². The Morgan fingerprint density at radius 3 is 2.40 bits per heavy atom. The summed E-state index contributed by atoms with van der Waals surface area (Å²) in [5.41, 5.74) is 2.08. The minimum atomic E-state index is -1.11. The number of carboxylic acid groups (broad SMARTS) is 2. The highest BCUT2D eigenvalue weighted by atomic mass is 35.5. The lowest BCUT2D eigenvalue weighted by molar-refractivity contribution is -0.133. The first-order chi connectivity index (χ1) is 11.9. The molecule has 0 saturated carbocycles. The summed E-state index contributed by atoms with van der Waals surface area (Å²) in [6.45, 7) is 2.40. The number of halogens is 1. The van der Waals surface area contributed by atoms with E-state index in [9.17, 15) is 19.8 Å². The minimum Gasteiger partial charge on any atom is -0.478 e. The molecule has 1 unspecified atom stereocenters. The molecule has 1 saturated heterocycles. The van der Waals surface area contributed by atoms with E-state index in [1.807, 2.05) is 4.90 Å². The smallest absolute Gasteiger partial charge is 0.334 e. The second-order valence-corrected chi connectivity index (χ2v) is 6.79. The molecule has 0 spiro atoms. The van der Waals surface area contributed by atoms with Crippen molar-refractivity contribution in [1.29, 1.82) is 0 Å². The summed E-state index contributed by atoms with van der Waals surface area (Å²) >= 11 is 6.31. The highest BCUT2D eigenvalue weighted by Gasteiger charge is 2.41. The molecule has 2 heterocycles. The van der Waals surface area contributed by atoms with Crippen LogP contribution in [0.15, 0.2) is 46.8 Å². The Bertz CT molecular complexity index is 796. The van der Waals surface area contributed by atoms with Crippen molar-refractivity contribution in [3.63, 3.8) is 0 Å². The van der Waals surface area contributed by atoms with Crippen molar-refractivity contribution >= 4 is 23.5 Å². The normalized spacial score (nSPS) is 21.0. The molecular weight excluding hydrogens is 342 g/mol. The Labute approximate surface area is 151 Å². The van der Waals surface area contributed by atoms with Gasteiger partial charge in [-0.05, 0) is 37.8 Å². The molecule has 1 aromatic rings. The molecule has 2 aliphatic rings. The summed E-state index contributed by atoms with van der Waals surface area (Å²) in [5.74, 6) is -3.06. The van der Waals surface area contributed by atoms with E-state index in [4.69, 9.17) is 11.6 Å². The lowest BCUT2D eigenvalue weighted by atomic mass is 9.79. The molecule has 6 heteroatoms. The van der Waals surface area contributed by atoms with Crippen LogP contribution in [-0.4, -0.2) is 33.6 Å². The van der Waals surface area contributed by atoms with Gasteiger partial charge in [0.1, 0.15) is 0 Å². The van der Waals surface area contributed by atoms with Crippen LogP contribution < -0.4 is 0 Å². The van der Waals surface area contributed by atoms with Gasteiger partial charge in [0.05, 0.1) is 17.1 Å². The number of fused-ring (bicyclic) bond motifs is 1. The molecule has 2 N–H and O–H groups in total. The van der Waals surface area contributed by atoms with E-state index in [1.165, 1.54) is 0 Å². The summed E-state index contributed by atoms with van der Waals surface area (Å²) < 4.78 is 0. The van der Waals surface area contributed by atoms with Gasteiger partial charge in [0.25, 0.3) is 0 Å². The summed E-state index contributed by atoms with van der Waals surface area (Å²) in [6, 6.07) is 6.87. The predicted octanol–water partition coefficient (Wildman–Crippen LogP) is 4.01. The summed E-state index contributed by atoms with van der Waals surface area (Å²) in [7, 11) is 0. The fourth-order valence-corrected chi connectivity index (χ4v) is 4.11. The van der Waals surface area contributed by atoms with Crippen LogP contribution in [0, 0.1) is 0 Å². The van der Waals surface area contributed by atoms with Crippen LogP contribution in [0.25, 0.3) is 0 Å². The second kappa shape index (κ2) is 6.92. The Balaban J connectivity index is 2.30. The molecule has 1 fully saturated rings. The minimum absolute atomic E-state index is 0.0937. The Kier molecular flexibility index (Phi) is 4.86. The first-order valence-electron chi connectivity index (χ1n) is 8.35. The van der Waals surface area contributed by atoms with Crippen LogP contribution in [-0.2, 0) is 9.59 Å². The van der Waals surface area contributed by atoms with Crippen LogP contribution in [0.3, 0.4) is 0 Å². The van der Waals surface area contributed by atoms with Gasteiger partial charge in [-0.1, -0.05) is 36.2 Å². The van der Waals surface area contributed by atoms with Crippen molar-refractivity contribution in [2.75, 3.05) is 6.54 Å². The van der Waals surface area contributed by atoms with Gasteiger partial charge in [-0.2, -0.15) is 0 Å². The van der Waals surface area contributed by atoms with Crippen LogP contribution >= 0.6 is 11.6 Å². The number of hydrogen-bond donors (Lipinski definition) is 2. The van der Waals surface area contributed by atoms with Crippen molar-refractivity contribution in [1.82, 2.24) is 4.90 Å². The molecule has 5 nitrogen and oxygen atoms in total. The van der Waals surface area contributed by atoms with Crippen LogP contribution in [0.4, 0.5) is 0 Å². The van der Waals surface area contributed by atoms with Crippen molar-refractivity contribution in [2.45, 2.75) is 38.5 Å². The van der Waals surface area contributed by atoms with E-state index in [0.29, 0.717) is 29.2 Å². The van der Waals surface area contributed by atoms with E-state index in [1.54, 1.807) is 31.2 Å². The van der Waals surface area contributed by atoms with Crippen molar-refractivity contribution in [3.8, 4) is 0 Å². The summed E-state index contributed by atoms with van der Waals surface area (Å²) in [5, 5.41) is 20.2. The van der Waals surface area contributed by atoms with Gasteiger partial charge in [0, 0.05) is 23.0 Å². The van der Waals surface area contributed by atoms with Gasteiger partial charge in [-0.15, -0.1) is 0 Å². The van der Waals surface area contributed by atoms with Gasteiger partial charge in [-0.3, -0.25) is 0 Å². The zero-order valence-electron chi connectivity index (χ0n) is 14.0. The molecule has 3 rings (SSSR count). The number of nitrogens with zero attached hydrogens (tertiary/aromatic N) is 1. The second-order valence-electron chi connectivity index (χ2n) is 6.39. The zero-order chi connectivity index (χ0) is 18.1. The average Bonchev–Trinajstić information content (AvgIpc) is 2.80. The molecule has 25 heavy (non-hydrogen) atoms. The molecule has 0 bridgehead atoms. The zero-order valence-corrected chi connectivity index (χ0v) is 14.7. The third-order valence-corrected chi connectivity index (χ3v) is 5.33. The molecule has 1 aromatic carbocycles. The third kappa shape index (κ3) is 3.04. The highest BCUT2D eigenvalue weighted by Crippen LogP contribution is 2.45. The molecule has 132 valence electrons. The van der Waals surface area contributed by atoms with Crippen molar-refractivity contribution in [2.24, 2.45) is 0 Å². The largest absolute Gasteiger partial charge is 0.478 e.